The molecule has 1 amide bonds. The Balaban J connectivity index is 1.63. The third-order valence-electron chi connectivity index (χ3n) is 4.48. The van der Waals surface area contributed by atoms with Crippen LogP contribution in [0.25, 0.3) is 16.2 Å². The number of benzene rings is 1. The Bertz CT molecular complexity index is 841. The summed E-state index contributed by atoms with van der Waals surface area (Å²) in [6.45, 7) is 2.07. The van der Waals surface area contributed by atoms with Crippen LogP contribution in [0.5, 0.6) is 0 Å². The Labute approximate surface area is 139 Å². The predicted octanol–water partition coefficient (Wildman–Crippen LogP) is 4.04. The first-order valence-corrected chi connectivity index (χ1v) is 8.93. The van der Waals surface area contributed by atoms with E-state index in [0.717, 1.165) is 29.1 Å². The lowest BCUT2D eigenvalue weighted by Gasteiger charge is -2.10. The number of thiazole rings is 1. The minimum atomic E-state index is 0.0102. The Morgan fingerprint density at radius 1 is 1.26 bits per heavy atom. The van der Waals surface area contributed by atoms with Crippen LogP contribution in [0.2, 0.25) is 0 Å². The van der Waals surface area contributed by atoms with E-state index >= 15 is 0 Å². The number of hydrogen-bond donors (Lipinski definition) is 1. The van der Waals surface area contributed by atoms with Gasteiger partial charge in [-0.2, -0.15) is 0 Å². The molecule has 2 aromatic heterocycles. The summed E-state index contributed by atoms with van der Waals surface area (Å²) in [5.74, 6) is 0.0102. The Kier molecular flexibility index (Phi) is 3.65. The molecule has 2 heterocycles. The molecule has 1 aromatic carbocycles. The van der Waals surface area contributed by atoms with E-state index < -0.39 is 0 Å². The van der Waals surface area contributed by atoms with Crippen LogP contribution in [0, 0.1) is 6.92 Å². The second-order valence-corrected chi connectivity index (χ2v) is 7.06. The number of nitrogens with zero attached hydrogens (tertiary/aromatic N) is 2. The summed E-state index contributed by atoms with van der Waals surface area (Å²) < 4.78 is 1.91. The number of imidazole rings is 1. The van der Waals surface area contributed by atoms with Gasteiger partial charge in [-0.15, -0.1) is 11.3 Å². The molecule has 0 atom stereocenters. The highest BCUT2D eigenvalue weighted by Crippen LogP contribution is 2.24. The number of carbonyl (C=O) groups excluding carboxylic acids is 1. The molecule has 1 fully saturated rings. The van der Waals surface area contributed by atoms with Gasteiger partial charge in [-0.05, 0) is 19.8 Å². The number of aromatic nitrogens is 2. The van der Waals surface area contributed by atoms with Gasteiger partial charge in [0, 0.05) is 23.2 Å². The number of fused-ring (bicyclic) bond motifs is 1. The summed E-state index contributed by atoms with van der Waals surface area (Å²) in [5.41, 5.74) is 3.90. The normalized spacial score (nSPS) is 15.3. The number of aryl methyl sites for hydroxylation is 1. The largest absolute Gasteiger partial charge is 0.348 e. The van der Waals surface area contributed by atoms with Crippen molar-refractivity contribution in [3.63, 3.8) is 0 Å². The number of amides is 1. The molecule has 4 nitrogen and oxygen atoms in total. The fourth-order valence-electron chi connectivity index (χ4n) is 3.14. The maximum Gasteiger partial charge on any atom is 0.269 e. The molecule has 1 N–H and O–H groups in total. The first kappa shape index (κ1) is 14.5. The molecule has 1 saturated carbocycles. The Hall–Kier alpha value is -2.14. The van der Waals surface area contributed by atoms with Crippen LogP contribution >= 0.6 is 11.3 Å². The van der Waals surface area contributed by atoms with Crippen molar-refractivity contribution in [1.29, 1.82) is 0 Å². The van der Waals surface area contributed by atoms with E-state index in [2.05, 4.69) is 41.5 Å². The van der Waals surface area contributed by atoms with E-state index in [9.17, 15) is 4.79 Å². The van der Waals surface area contributed by atoms with Crippen LogP contribution < -0.4 is 5.32 Å². The van der Waals surface area contributed by atoms with E-state index in [1.165, 1.54) is 29.7 Å². The molecule has 0 spiro atoms. The molecule has 1 aliphatic rings. The second kappa shape index (κ2) is 5.81. The van der Waals surface area contributed by atoms with Crippen molar-refractivity contribution >= 4 is 22.2 Å². The standard InChI is InChI=1S/C18H19N3OS/c1-12-6-8-13(9-7-12)15-10-21-16(11-23-18(21)20-15)17(22)19-14-4-2-3-5-14/h6-11,14H,2-5H2,1H3,(H,19,22). The highest BCUT2D eigenvalue weighted by molar-refractivity contribution is 7.15. The third-order valence-corrected chi connectivity index (χ3v) is 5.32. The summed E-state index contributed by atoms with van der Waals surface area (Å²) in [6, 6.07) is 8.63. The molecule has 23 heavy (non-hydrogen) atoms. The van der Waals surface area contributed by atoms with Crippen LogP contribution in [0.4, 0.5) is 0 Å². The van der Waals surface area contributed by atoms with Crippen LogP contribution in [-0.4, -0.2) is 21.3 Å². The van der Waals surface area contributed by atoms with Crippen LogP contribution in [0.15, 0.2) is 35.8 Å². The molecule has 1 aliphatic carbocycles. The van der Waals surface area contributed by atoms with Gasteiger partial charge in [-0.25, -0.2) is 4.98 Å². The molecular formula is C18H19N3OS. The average molecular weight is 325 g/mol. The first-order chi connectivity index (χ1) is 11.2. The molecule has 0 saturated heterocycles. The van der Waals surface area contributed by atoms with Gasteiger partial charge in [0.05, 0.1) is 5.69 Å². The number of hydrogen-bond acceptors (Lipinski definition) is 3. The SMILES string of the molecule is Cc1ccc(-c2cn3c(C(=O)NC4CCCC4)csc3n2)cc1. The van der Waals surface area contributed by atoms with Crippen molar-refractivity contribution in [2.45, 2.75) is 38.6 Å². The minimum absolute atomic E-state index is 0.0102. The van der Waals surface area contributed by atoms with Gasteiger partial charge in [-0.1, -0.05) is 42.7 Å². The van der Waals surface area contributed by atoms with E-state index in [1.54, 1.807) is 0 Å². The van der Waals surface area contributed by atoms with E-state index in [-0.39, 0.29) is 5.91 Å². The lowest BCUT2D eigenvalue weighted by Crippen LogP contribution is -2.33. The third kappa shape index (κ3) is 2.77. The van der Waals surface area contributed by atoms with Gasteiger partial charge in [0.2, 0.25) is 0 Å². The fraction of sp³-hybridized carbons (Fsp3) is 0.333. The highest BCUT2D eigenvalue weighted by Gasteiger charge is 2.20. The lowest BCUT2D eigenvalue weighted by molar-refractivity contribution is 0.0932. The molecular weight excluding hydrogens is 306 g/mol. The van der Waals surface area contributed by atoms with E-state index in [4.69, 9.17) is 0 Å². The zero-order chi connectivity index (χ0) is 15.8. The van der Waals surface area contributed by atoms with Crippen molar-refractivity contribution < 1.29 is 4.79 Å². The van der Waals surface area contributed by atoms with Gasteiger partial charge in [-0.3, -0.25) is 9.20 Å². The molecule has 118 valence electrons. The minimum Gasteiger partial charge on any atom is -0.348 e. The van der Waals surface area contributed by atoms with E-state index in [0.29, 0.717) is 11.7 Å². The molecule has 4 rings (SSSR count). The molecule has 5 heteroatoms. The lowest BCUT2D eigenvalue weighted by atomic mass is 10.1. The average Bonchev–Trinajstić information content (AvgIpc) is 3.23. The smallest absolute Gasteiger partial charge is 0.269 e. The molecule has 0 unspecified atom stereocenters. The zero-order valence-electron chi connectivity index (χ0n) is 13.1. The summed E-state index contributed by atoms with van der Waals surface area (Å²) in [5, 5.41) is 5.04. The van der Waals surface area contributed by atoms with Crippen molar-refractivity contribution in [2.24, 2.45) is 0 Å². The van der Waals surface area contributed by atoms with Crippen molar-refractivity contribution in [2.75, 3.05) is 0 Å². The van der Waals surface area contributed by atoms with Gasteiger partial charge in [0.25, 0.3) is 5.91 Å². The summed E-state index contributed by atoms with van der Waals surface area (Å²) in [6.07, 6.45) is 6.58. The fourth-order valence-corrected chi connectivity index (χ4v) is 3.99. The number of nitrogens with one attached hydrogen (secondary N) is 1. The summed E-state index contributed by atoms with van der Waals surface area (Å²) in [4.78, 5) is 18.0. The molecule has 0 radical (unpaired) electrons. The van der Waals surface area contributed by atoms with E-state index in [1.807, 2.05) is 16.0 Å². The molecule has 3 aromatic rings. The topological polar surface area (TPSA) is 46.4 Å². The molecule has 0 bridgehead atoms. The maximum atomic E-state index is 12.5. The monoisotopic (exact) mass is 325 g/mol. The van der Waals surface area contributed by atoms with Gasteiger partial charge >= 0.3 is 0 Å². The predicted molar refractivity (Wildman–Crippen MR) is 93.0 cm³/mol. The van der Waals surface area contributed by atoms with Crippen LogP contribution in [-0.2, 0) is 0 Å². The quantitative estimate of drug-likeness (QED) is 0.790. The highest BCUT2D eigenvalue weighted by atomic mass is 32.1. The van der Waals surface area contributed by atoms with Gasteiger partial charge in [0.1, 0.15) is 5.69 Å². The molecule has 0 aliphatic heterocycles. The van der Waals surface area contributed by atoms with Crippen LogP contribution in [0.3, 0.4) is 0 Å². The van der Waals surface area contributed by atoms with Crippen molar-refractivity contribution in [3.8, 4) is 11.3 Å². The number of carbonyl (C=O) groups is 1. The van der Waals surface area contributed by atoms with Gasteiger partial charge in [0.15, 0.2) is 4.96 Å². The van der Waals surface area contributed by atoms with Crippen molar-refractivity contribution in [1.82, 2.24) is 14.7 Å². The van der Waals surface area contributed by atoms with Gasteiger partial charge < -0.3 is 5.32 Å². The number of rotatable bonds is 3. The summed E-state index contributed by atoms with van der Waals surface area (Å²) >= 11 is 1.51. The maximum absolute atomic E-state index is 12.5. The second-order valence-electron chi connectivity index (χ2n) is 6.22. The van der Waals surface area contributed by atoms with Crippen molar-refractivity contribution in [3.05, 3.63) is 47.1 Å². The Morgan fingerprint density at radius 2 is 2.00 bits per heavy atom. The first-order valence-electron chi connectivity index (χ1n) is 8.05. The van der Waals surface area contributed by atoms with Crippen LogP contribution in [0.1, 0.15) is 41.7 Å². The summed E-state index contributed by atoms with van der Waals surface area (Å²) in [7, 11) is 0. The Morgan fingerprint density at radius 3 is 2.74 bits per heavy atom. The zero-order valence-corrected chi connectivity index (χ0v) is 13.9.